The van der Waals surface area contributed by atoms with Crippen molar-refractivity contribution < 1.29 is 10.2 Å². The highest BCUT2D eigenvalue weighted by Crippen LogP contribution is 2.14. The fraction of sp³-hybridized carbons (Fsp3) is 0.500. The molecule has 0 aliphatic rings. The highest BCUT2D eigenvalue weighted by atomic mass is 16.3. The van der Waals surface area contributed by atoms with E-state index in [4.69, 9.17) is 21.7 Å². The Morgan fingerprint density at radius 3 is 2.41 bits per heavy atom. The predicted octanol–water partition coefficient (Wildman–Crippen LogP) is -2.38. The Hall–Kier alpha value is -2.00. The Labute approximate surface area is 96.8 Å². The zero-order valence-corrected chi connectivity index (χ0v) is 9.19. The summed E-state index contributed by atoms with van der Waals surface area (Å²) in [6.45, 7) is 0.487. The van der Waals surface area contributed by atoms with Crippen LogP contribution in [-0.2, 0) is 0 Å². The molecule has 0 unspecified atom stereocenters. The van der Waals surface area contributed by atoms with Crippen molar-refractivity contribution >= 4 is 17.4 Å². The van der Waals surface area contributed by atoms with Crippen LogP contribution in [0.15, 0.2) is 6.07 Å². The summed E-state index contributed by atoms with van der Waals surface area (Å²) in [6, 6.07) is 1.62. The van der Waals surface area contributed by atoms with Crippen LogP contribution in [0, 0.1) is 0 Å². The predicted molar refractivity (Wildman–Crippen MR) is 61.9 cm³/mol. The van der Waals surface area contributed by atoms with Gasteiger partial charge < -0.3 is 21.7 Å². The number of nitrogen functional groups attached to an aromatic ring is 2. The van der Waals surface area contributed by atoms with E-state index >= 15 is 0 Å². The molecule has 0 aromatic carbocycles. The van der Waals surface area contributed by atoms with Crippen LogP contribution in [0.3, 0.4) is 0 Å². The standard InChI is InChI=1S/C8H15N7O2/c9-6-5-7-11-12-8(10)14(7)15(6)13(1-3-16)2-4-17/h5,16-17H,1-4,9H2,(H2,10,12). The highest BCUT2D eigenvalue weighted by molar-refractivity contribution is 5.52. The molecule has 0 saturated heterocycles. The van der Waals surface area contributed by atoms with E-state index < -0.39 is 0 Å². The van der Waals surface area contributed by atoms with E-state index in [0.717, 1.165) is 0 Å². The van der Waals surface area contributed by atoms with Crippen LogP contribution in [0.4, 0.5) is 11.8 Å². The van der Waals surface area contributed by atoms with Gasteiger partial charge in [0.2, 0.25) is 5.95 Å². The maximum Gasteiger partial charge on any atom is 0.243 e. The first-order valence-corrected chi connectivity index (χ1v) is 5.14. The van der Waals surface area contributed by atoms with Gasteiger partial charge in [-0.25, -0.2) is 0 Å². The normalized spacial score (nSPS) is 11.2. The van der Waals surface area contributed by atoms with Gasteiger partial charge in [0.25, 0.3) is 0 Å². The number of nitrogens with zero attached hydrogens (tertiary/aromatic N) is 5. The third-order valence-electron chi connectivity index (χ3n) is 2.37. The third kappa shape index (κ3) is 1.85. The summed E-state index contributed by atoms with van der Waals surface area (Å²) in [6.07, 6.45) is 0. The molecule has 0 spiro atoms. The lowest BCUT2D eigenvalue weighted by atomic mass is 10.6. The smallest absolute Gasteiger partial charge is 0.243 e. The minimum atomic E-state index is -0.0683. The van der Waals surface area contributed by atoms with Crippen LogP contribution in [0.5, 0.6) is 0 Å². The number of aliphatic hydroxyl groups is 2. The molecule has 0 fully saturated rings. The Morgan fingerprint density at radius 1 is 1.18 bits per heavy atom. The third-order valence-corrected chi connectivity index (χ3v) is 2.37. The number of aliphatic hydroxyl groups excluding tert-OH is 2. The average Bonchev–Trinajstić information content (AvgIpc) is 2.78. The summed E-state index contributed by atoms with van der Waals surface area (Å²) in [7, 11) is 0. The summed E-state index contributed by atoms with van der Waals surface area (Å²) in [5.41, 5.74) is 12.0. The van der Waals surface area contributed by atoms with E-state index in [2.05, 4.69) is 10.2 Å². The largest absolute Gasteiger partial charge is 0.394 e. The summed E-state index contributed by atoms with van der Waals surface area (Å²) < 4.78 is 1.51. The molecule has 0 radical (unpaired) electrons. The maximum atomic E-state index is 9.00. The first-order chi connectivity index (χ1) is 8.19. The number of nitrogens with two attached hydrogens (primary N) is 2. The highest BCUT2D eigenvalue weighted by Gasteiger charge is 2.16. The Kier molecular flexibility index (Phi) is 3.02. The fourth-order valence-electron chi connectivity index (χ4n) is 1.72. The van der Waals surface area contributed by atoms with E-state index in [1.54, 1.807) is 11.1 Å². The molecule has 0 aliphatic heterocycles. The molecule has 9 nitrogen and oxygen atoms in total. The van der Waals surface area contributed by atoms with Gasteiger partial charge in [0.15, 0.2) is 5.65 Å². The molecule has 0 atom stereocenters. The molecule has 6 N–H and O–H groups in total. The van der Waals surface area contributed by atoms with E-state index in [-0.39, 0.29) is 19.2 Å². The van der Waals surface area contributed by atoms with E-state index in [0.29, 0.717) is 24.6 Å². The molecule has 2 aromatic heterocycles. The minimum Gasteiger partial charge on any atom is -0.394 e. The SMILES string of the molecule is Nc1cc2nnc(N)n2n1N(CCO)CCO. The van der Waals surface area contributed by atoms with Gasteiger partial charge in [-0.3, -0.25) is 5.01 Å². The molecule has 94 valence electrons. The fourth-order valence-corrected chi connectivity index (χ4v) is 1.72. The quantitative estimate of drug-likeness (QED) is 0.459. The van der Waals surface area contributed by atoms with Crippen molar-refractivity contribution in [3.8, 4) is 0 Å². The van der Waals surface area contributed by atoms with Crippen LogP contribution in [0.25, 0.3) is 5.65 Å². The lowest BCUT2D eigenvalue weighted by molar-refractivity contribution is 0.260. The molecule has 2 heterocycles. The van der Waals surface area contributed by atoms with Crippen LogP contribution < -0.4 is 16.5 Å². The van der Waals surface area contributed by atoms with E-state index in [1.165, 1.54) is 9.31 Å². The molecular weight excluding hydrogens is 226 g/mol. The molecule has 0 saturated carbocycles. The van der Waals surface area contributed by atoms with Crippen molar-refractivity contribution in [3.63, 3.8) is 0 Å². The molecule has 2 rings (SSSR count). The van der Waals surface area contributed by atoms with Crippen molar-refractivity contribution in [2.24, 2.45) is 0 Å². The zero-order chi connectivity index (χ0) is 12.4. The van der Waals surface area contributed by atoms with Crippen LogP contribution in [0.1, 0.15) is 0 Å². The van der Waals surface area contributed by atoms with E-state index in [9.17, 15) is 0 Å². The Balaban J connectivity index is 2.49. The molecule has 9 heteroatoms. The molecule has 0 amide bonds. The first-order valence-electron chi connectivity index (χ1n) is 5.14. The van der Waals surface area contributed by atoms with Gasteiger partial charge >= 0.3 is 0 Å². The van der Waals surface area contributed by atoms with E-state index in [1.807, 2.05) is 0 Å². The lowest BCUT2D eigenvalue weighted by Gasteiger charge is -2.25. The number of hydrogen-bond donors (Lipinski definition) is 4. The molecule has 2 aromatic rings. The van der Waals surface area contributed by atoms with Gasteiger partial charge in [0.05, 0.1) is 26.3 Å². The molecule has 0 aliphatic carbocycles. The van der Waals surface area contributed by atoms with Crippen LogP contribution in [-0.4, -0.2) is 56.0 Å². The number of aromatic nitrogens is 4. The molecule has 0 bridgehead atoms. The van der Waals surface area contributed by atoms with Crippen molar-refractivity contribution in [3.05, 3.63) is 6.07 Å². The van der Waals surface area contributed by atoms with Gasteiger partial charge in [-0.2, -0.15) is 9.31 Å². The lowest BCUT2D eigenvalue weighted by Crippen LogP contribution is -2.42. The zero-order valence-electron chi connectivity index (χ0n) is 9.19. The molecular formula is C8H15N7O2. The van der Waals surface area contributed by atoms with Gasteiger partial charge in [-0.15, -0.1) is 10.2 Å². The second kappa shape index (κ2) is 4.47. The minimum absolute atomic E-state index is 0.0683. The van der Waals surface area contributed by atoms with Crippen molar-refractivity contribution in [1.82, 2.24) is 19.5 Å². The topological polar surface area (TPSA) is 131 Å². The monoisotopic (exact) mass is 241 g/mol. The second-order valence-corrected chi connectivity index (χ2v) is 3.49. The Bertz CT molecular complexity index is 499. The summed E-state index contributed by atoms with van der Waals surface area (Å²) >= 11 is 0. The van der Waals surface area contributed by atoms with Gasteiger partial charge in [-0.05, 0) is 0 Å². The van der Waals surface area contributed by atoms with Crippen LogP contribution >= 0.6 is 0 Å². The number of rotatable bonds is 5. The van der Waals surface area contributed by atoms with Crippen molar-refractivity contribution in [1.29, 1.82) is 0 Å². The first kappa shape index (κ1) is 11.5. The van der Waals surface area contributed by atoms with Gasteiger partial charge in [-0.1, -0.05) is 0 Å². The summed E-state index contributed by atoms with van der Waals surface area (Å²) in [5.74, 6) is 0.598. The number of hydrogen-bond acceptors (Lipinski definition) is 7. The average molecular weight is 241 g/mol. The number of fused-ring (bicyclic) bond motifs is 1. The van der Waals surface area contributed by atoms with Gasteiger partial charge in [0.1, 0.15) is 5.82 Å². The van der Waals surface area contributed by atoms with Gasteiger partial charge in [0, 0.05) is 6.07 Å². The maximum absolute atomic E-state index is 9.00. The second-order valence-electron chi connectivity index (χ2n) is 3.49. The molecule has 17 heavy (non-hydrogen) atoms. The Morgan fingerprint density at radius 2 is 1.82 bits per heavy atom. The number of anilines is 2. The summed E-state index contributed by atoms with van der Waals surface area (Å²) in [5, 5.41) is 27.2. The van der Waals surface area contributed by atoms with Crippen LogP contribution in [0.2, 0.25) is 0 Å². The van der Waals surface area contributed by atoms with Crippen molar-refractivity contribution in [2.75, 3.05) is 42.8 Å². The summed E-state index contributed by atoms with van der Waals surface area (Å²) in [4.78, 5) is 1.54. The van der Waals surface area contributed by atoms with Crippen molar-refractivity contribution in [2.45, 2.75) is 0 Å².